The number of fused-ring (bicyclic) bond motifs is 1. The summed E-state index contributed by atoms with van der Waals surface area (Å²) in [6, 6.07) is 5.36. The predicted molar refractivity (Wildman–Crippen MR) is 128 cm³/mol. The van der Waals surface area contributed by atoms with Gasteiger partial charge in [0, 0.05) is 37.5 Å². The van der Waals surface area contributed by atoms with Gasteiger partial charge in [0.1, 0.15) is 5.52 Å². The molecule has 1 unspecified atom stereocenters. The van der Waals surface area contributed by atoms with Gasteiger partial charge >= 0.3 is 0 Å². The maximum absolute atomic E-state index is 13.2. The van der Waals surface area contributed by atoms with E-state index in [0.717, 1.165) is 12.0 Å². The van der Waals surface area contributed by atoms with Crippen LogP contribution in [-0.4, -0.2) is 70.0 Å². The summed E-state index contributed by atoms with van der Waals surface area (Å²) in [4.78, 5) is 38.3. The highest BCUT2D eigenvalue weighted by Crippen LogP contribution is 2.22. The third-order valence-electron chi connectivity index (χ3n) is 4.89. The number of carbonyl (C=O) groups excluding carboxylic acids is 1. The first-order valence-corrected chi connectivity index (χ1v) is 11.1. The summed E-state index contributed by atoms with van der Waals surface area (Å²) in [7, 11) is 1.55. The molecule has 3 aromatic rings. The van der Waals surface area contributed by atoms with Crippen LogP contribution in [0.2, 0.25) is 0 Å². The van der Waals surface area contributed by atoms with Crippen LogP contribution in [0.5, 0.6) is 5.88 Å². The Morgan fingerprint density at radius 1 is 1.24 bits per heavy atom. The Morgan fingerprint density at radius 2 is 2.06 bits per heavy atom. The fraction of sp³-hybridized carbons (Fsp3) is 0.435. The molecule has 182 valence electrons. The van der Waals surface area contributed by atoms with Crippen molar-refractivity contribution in [2.75, 3.05) is 38.7 Å². The monoisotopic (exact) mass is 470 g/mol. The lowest BCUT2D eigenvalue weighted by molar-refractivity contribution is -0.119. The van der Waals surface area contributed by atoms with Crippen molar-refractivity contribution in [3.05, 3.63) is 40.9 Å². The number of aromatic nitrogens is 4. The lowest BCUT2D eigenvalue weighted by Crippen LogP contribution is -2.36. The first-order valence-electron chi connectivity index (χ1n) is 11.1. The molecule has 0 aliphatic heterocycles. The highest BCUT2D eigenvalue weighted by Gasteiger charge is 2.14. The number of rotatable bonds is 12. The number of nitrogens with zero attached hydrogens (tertiary/aromatic N) is 4. The lowest BCUT2D eigenvalue weighted by atomic mass is 10.2. The van der Waals surface area contributed by atoms with Crippen LogP contribution >= 0.6 is 0 Å². The van der Waals surface area contributed by atoms with Gasteiger partial charge in [-0.1, -0.05) is 6.92 Å². The zero-order valence-corrected chi connectivity index (χ0v) is 19.6. The van der Waals surface area contributed by atoms with Crippen LogP contribution in [0.15, 0.2) is 35.4 Å². The molecule has 0 spiro atoms. The minimum absolute atomic E-state index is 0.0378. The second kappa shape index (κ2) is 12.1. The number of nitrogens with one attached hydrogen (secondary N) is 2. The summed E-state index contributed by atoms with van der Waals surface area (Å²) < 4.78 is 12.3. The van der Waals surface area contributed by atoms with Gasteiger partial charge in [-0.25, -0.2) is 9.97 Å². The number of ether oxygens (including phenoxy) is 2. The van der Waals surface area contributed by atoms with Gasteiger partial charge in [0.2, 0.25) is 11.8 Å². The van der Waals surface area contributed by atoms with Crippen molar-refractivity contribution in [3.8, 4) is 17.1 Å². The quantitative estimate of drug-likeness (QED) is 0.333. The van der Waals surface area contributed by atoms with Gasteiger partial charge in [0.15, 0.2) is 5.82 Å². The Labute approximate surface area is 197 Å². The van der Waals surface area contributed by atoms with E-state index < -0.39 is 6.10 Å². The number of aliphatic hydroxyl groups is 1. The molecule has 1 amide bonds. The molecule has 3 heterocycles. The summed E-state index contributed by atoms with van der Waals surface area (Å²) in [5.41, 5.74) is 2.11. The molecule has 3 aromatic heterocycles. The molecular formula is C23H30N6O5. The van der Waals surface area contributed by atoms with Crippen molar-refractivity contribution < 1.29 is 19.4 Å². The number of pyridine rings is 2. The minimum Gasteiger partial charge on any atom is -0.481 e. The zero-order valence-electron chi connectivity index (χ0n) is 19.6. The van der Waals surface area contributed by atoms with Gasteiger partial charge < -0.3 is 29.8 Å². The Hall–Kier alpha value is -3.57. The molecule has 3 rings (SSSR count). The van der Waals surface area contributed by atoms with E-state index in [-0.39, 0.29) is 30.4 Å². The summed E-state index contributed by atoms with van der Waals surface area (Å²) >= 11 is 0. The molecule has 11 heteroatoms. The third kappa shape index (κ3) is 6.49. The van der Waals surface area contributed by atoms with Crippen LogP contribution in [0.4, 0.5) is 5.82 Å². The molecule has 0 saturated carbocycles. The molecular weight excluding hydrogens is 440 g/mol. The molecule has 0 aliphatic rings. The first kappa shape index (κ1) is 25.1. The van der Waals surface area contributed by atoms with E-state index in [0.29, 0.717) is 42.4 Å². The molecule has 3 N–H and O–H groups in total. The van der Waals surface area contributed by atoms with Gasteiger partial charge in [-0.05, 0) is 25.5 Å². The average Bonchev–Trinajstić information content (AvgIpc) is 2.85. The van der Waals surface area contributed by atoms with E-state index in [2.05, 4.69) is 25.6 Å². The summed E-state index contributed by atoms with van der Waals surface area (Å²) in [5.74, 6) is 0.167. The summed E-state index contributed by atoms with van der Waals surface area (Å²) in [6.45, 7) is 4.80. The van der Waals surface area contributed by atoms with Crippen molar-refractivity contribution in [1.29, 1.82) is 0 Å². The molecule has 1 atom stereocenters. The van der Waals surface area contributed by atoms with Crippen LogP contribution in [0, 0.1) is 0 Å². The predicted octanol–water partition coefficient (Wildman–Crippen LogP) is 1.20. The number of hydrogen-bond donors (Lipinski definition) is 3. The van der Waals surface area contributed by atoms with Gasteiger partial charge in [-0.2, -0.15) is 0 Å². The van der Waals surface area contributed by atoms with Crippen molar-refractivity contribution in [3.63, 3.8) is 0 Å². The van der Waals surface area contributed by atoms with Crippen LogP contribution in [0.3, 0.4) is 0 Å². The molecule has 0 radical (unpaired) electrons. The van der Waals surface area contributed by atoms with Crippen LogP contribution in [0.25, 0.3) is 22.3 Å². The van der Waals surface area contributed by atoms with E-state index in [9.17, 15) is 14.7 Å². The summed E-state index contributed by atoms with van der Waals surface area (Å²) in [5, 5.41) is 14.7. The molecule has 0 aliphatic carbocycles. The Bertz CT molecular complexity index is 1160. The van der Waals surface area contributed by atoms with Gasteiger partial charge in [0.25, 0.3) is 5.56 Å². The number of methoxy groups -OCH3 is 1. The van der Waals surface area contributed by atoms with Gasteiger partial charge in [0.05, 0.1) is 43.8 Å². The Balaban J connectivity index is 1.93. The maximum atomic E-state index is 13.2. The zero-order chi connectivity index (χ0) is 24.5. The largest absolute Gasteiger partial charge is 0.481 e. The normalized spacial score (nSPS) is 11.9. The Kier molecular flexibility index (Phi) is 8.88. The van der Waals surface area contributed by atoms with Gasteiger partial charge in [-0.3, -0.25) is 14.6 Å². The fourth-order valence-electron chi connectivity index (χ4n) is 3.18. The average molecular weight is 471 g/mol. The molecule has 0 bridgehead atoms. The fourth-order valence-corrected chi connectivity index (χ4v) is 3.18. The standard InChI is InChI=1S/C23H30N6O5/c1-4-8-34-9-7-29-19-10-17(16-5-6-21(33-3)26-12-16)24-13-18(19)28-22(23(29)32)27-14-20(31)25-11-15(2)30/h5-6,10,12-13,15,30H,4,7-9,11,14H2,1-3H3,(H,25,31)(H,27,28). The molecule has 0 saturated heterocycles. The summed E-state index contributed by atoms with van der Waals surface area (Å²) in [6.07, 6.45) is 3.44. The van der Waals surface area contributed by atoms with E-state index >= 15 is 0 Å². The maximum Gasteiger partial charge on any atom is 0.293 e. The van der Waals surface area contributed by atoms with Crippen LogP contribution < -0.4 is 20.9 Å². The minimum atomic E-state index is -0.663. The van der Waals surface area contributed by atoms with Crippen molar-refractivity contribution >= 4 is 22.8 Å². The number of amides is 1. The SMILES string of the molecule is CCCOCCn1c(=O)c(NCC(=O)NCC(C)O)nc2cnc(-c3ccc(OC)nc3)cc21. The Morgan fingerprint density at radius 3 is 2.74 bits per heavy atom. The number of hydrogen-bond acceptors (Lipinski definition) is 9. The van der Waals surface area contributed by atoms with Crippen molar-refractivity contribution in [2.45, 2.75) is 32.9 Å². The number of aliphatic hydroxyl groups excluding tert-OH is 1. The van der Waals surface area contributed by atoms with Crippen LogP contribution in [0.1, 0.15) is 20.3 Å². The second-order valence-corrected chi connectivity index (χ2v) is 7.68. The van der Waals surface area contributed by atoms with Crippen molar-refractivity contribution in [2.24, 2.45) is 0 Å². The van der Waals surface area contributed by atoms with E-state index in [1.54, 1.807) is 43.1 Å². The number of carbonyl (C=O) groups is 1. The topological polar surface area (TPSA) is 140 Å². The number of anilines is 1. The second-order valence-electron chi connectivity index (χ2n) is 7.68. The van der Waals surface area contributed by atoms with E-state index in [4.69, 9.17) is 9.47 Å². The third-order valence-corrected chi connectivity index (χ3v) is 4.89. The smallest absolute Gasteiger partial charge is 0.293 e. The lowest BCUT2D eigenvalue weighted by Gasteiger charge is -2.14. The van der Waals surface area contributed by atoms with E-state index in [1.165, 1.54) is 0 Å². The van der Waals surface area contributed by atoms with Crippen molar-refractivity contribution in [1.82, 2.24) is 24.8 Å². The highest BCUT2D eigenvalue weighted by atomic mass is 16.5. The van der Waals surface area contributed by atoms with Crippen LogP contribution in [-0.2, 0) is 16.1 Å². The molecule has 34 heavy (non-hydrogen) atoms. The molecule has 0 aromatic carbocycles. The first-order chi connectivity index (χ1) is 16.4. The highest BCUT2D eigenvalue weighted by molar-refractivity contribution is 5.82. The van der Waals surface area contributed by atoms with Gasteiger partial charge in [-0.15, -0.1) is 0 Å². The molecule has 11 nitrogen and oxygen atoms in total. The van der Waals surface area contributed by atoms with E-state index in [1.807, 2.05) is 13.0 Å². The molecule has 0 fully saturated rings.